The van der Waals surface area contributed by atoms with E-state index in [9.17, 15) is 0 Å². The average Bonchev–Trinajstić information content (AvgIpc) is 3.96. The fourth-order valence-corrected chi connectivity index (χ4v) is 10.7. The summed E-state index contributed by atoms with van der Waals surface area (Å²) < 4.78 is 23.0. The zero-order valence-electron chi connectivity index (χ0n) is 45.2. The van der Waals surface area contributed by atoms with Crippen LogP contribution in [0.2, 0.25) is 13.1 Å². The predicted molar refractivity (Wildman–Crippen MR) is 336 cm³/mol. The molecule has 0 aromatic heterocycles. The van der Waals surface area contributed by atoms with Gasteiger partial charge in [0.15, 0.2) is 0 Å². The number of nitrogens with two attached hydrogens (primary N) is 8. The van der Waals surface area contributed by atoms with Crippen molar-refractivity contribution in [1.82, 2.24) is 0 Å². The lowest BCUT2D eigenvalue weighted by atomic mass is 9.67. The molecule has 1 aliphatic carbocycles. The first-order valence-corrected chi connectivity index (χ1v) is 29.2. The minimum Gasteiger partial charge on any atom is -0.512 e. The maximum atomic E-state index is 6.00. The van der Waals surface area contributed by atoms with Crippen molar-refractivity contribution in [3.8, 4) is 45.3 Å². The molecule has 0 fully saturated rings. The zero-order valence-corrected chi connectivity index (χ0v) is 46.2. The summed E-state index contributed by atoms with van der Waals surface area (Å²) in [6.07, 6.45) is 1.89. The lowest BCUT2D eigenvalue weighted by Gasteiger charge is -2.34. The number of hydrogen-bond donors (Lipinski definition) is 8. The molecule has 10 aromatic rings. The summed E-state index contributed by atoms with van der Waals surface area (Å²) >= 11 is 0. The highest BCUT2D eigenvalue weighted by Crippen LogP contribution is 2.56. The molecule has 1 aliphatic rings. The van der Waals surface area contributed by atoms with Crippen LogP contribution in [0, 0.1) is 0 Å². The van der Waals surface area contributed by atoms with Crippen molar-refractivity contribution in [3.63, 3.8) is 0 Å². The van der Waals surface area contributed by atoms with Crippen molar-refractivity contribution in [1.29, 1.82) is 0 Å². The predicted octanol–water partition coefficient (Wildman–Crippen LogP) is 13.8. The molecule has 80 heavy (non-hydrogen) atoms. The highest BCUT2D eigenvalue weighted by atomic mass is 28.4. The van der Waals surface area contributed by atoms with E-state index in [1.165, 1.54) is 33.4 Å². The fourth-order valence-electron chi connectivity index (χ4n) is 9.21. The molecule has 0 saturated heterocycles. The fraction of sp³-hybridized carbons (Fsp3) is 0.104. The quantitative estimate of drug-likeness (QED) is 0.0288. The van der Waals surface area contributed by atoms with Gasteiger partial charge in [0.25, 0.3) is 0 Å². The van der Waals surface area contributed by atoms with Crippen molar-refractivity contribution in [2.75, 3.05) is 59.1 Å². The van der Waals surface area contributed by atoms with E-state index in [0.717, 1.165) is 81.1 Å². The van der Waals surface area contributed by atoms with Gasteiger partial charge in [-0.05, 0) is 203 Å². The normalized spacial score (nSPS) is 11.6. The maximum Gasteiger partial charge on any atom is 0.454 e. The Bertz CT molecular complexity index is 3280. The number of anilines is 8. The average molecular weight is 1080 g/mol. The molecule has 0 unspecified atom stereocenters. The van der Waals surface area contributed by atoms with Gasteiger partial charge in [-0.15, -0.1) is 0 Å². The minimum atomic E-state index is -2.30. The summed E-state index contributed by atoms with van der Waals surface area (Å²) in [5.74, 6) is 3.22. The van der Waals surface area contributed by atoms with E-state index in [1.807, 2.05) is 183 Å². The second-order valence-corrected chi connectivity index (χ2v) is 22.8. The number of rotatable bonds is 14. The Balaban J connectivity index is 0.000000144. The van der Waals surface area contributed by atoms with E-state index in [1.54, 1.807) is 0 Å². The number of unbranched alkanes of at least 4 members (excludes halogenated alkanes) is 1. The number of nitrogen functional groups attached to an aromatic ring is 8. The van der Waals surface area contributed by atoms with Crippen LogP contribution in [0.1, 0.15) is 35.1 Å². The van der Waals surface area contributed by atoms with Gasteiger partial charge in [0.1, 0.15) is 23.0 Å². The minimum absolute atomic E-state index is 0.380. The van der Waals surface area contributed by atoms with Gasteiger partial charge in [-0.3, -0.25) is 0 Å². The zero-order chi connectivity index (χ0) is 56.5. The molecule has 406 valence electrons. The molecule has 0 amide bonds. The highest BCUT2D eigenvalue weighted by Gasteiger charge is 2.45. The van der Waals surface area contributed by atoms with Crippen LogP contribution in [-0.4, -0.2) is 21.8 Å². The Morgan fingerprint density at radius 1 is 0.300 bits per heavy atom. The van der Waals surface area contributed by atoms with Gasteiger partial charge >= 0.3 is 8.56 Å². The van der Waals surface area contributed by atoms with Crippen molar-refractivity contribution < 1.29 is 18.3 Å². The molecule has 16 N–H and O–H groups in total. The monoisotopic (exact) mass is 1080 g/mol. The summed E-state index contributed by atoms with van der Waals surface area (Å²) in [7, 11) is -2.30. The van der Waals surface area contributed by atoms with Gasteiger partial charge in [0, 0.05) is 58.6 Å². The van der Waals surface area contributed by atoms with E-state index in [4.69, 9.17) is 64.2 Å². The second kappa shape index (κ2) is 26.4. The SMILES string of the molecule is C[Si](C)(Oc1ccc(N)cc1)Oc1ccc(N)cc1.Nc1ccc(-c2ccc(N)cc2)cc1.Nc1ccc(C2(c3ccc(N)cc3)c3ccccc3-c3ccccc32)cc1.Nc1ccc(OCCCCOc2ccc(N)cc2)cc1. The van der Waals surface area contributed by atoms with Crippen LogP contribution >= 0.6 is 0 Å². The molecular weight excluding hydrogens is 1010 g/mol. The van der Waals surface area contributed by atoms with Crippen LogP contribution in [0.4, 0.5) is 45.5 Å². The summed E-state index contributed by atoms with van der Waals surface area (Å²) in [5, 5.41) is 0. The molecule has 0 aliphatic heterocycles. The van der Waals surface area contributed by atoms with E-state index >= 15 is 0 Å². The Kier molecular flexibility index (Phi) is 18.5. The summed E-state index contributed by atoms with van der Waals surface area (Å²) in [6.45, 7) is 5.32. The molecule has 0 bridgehead atoms. The lowest BCUT2D eigenvalue weighted by Crippen LogP contribution is -2.41. The van der Waals surface area contributed by atoms with Gasteiger partial charge in [-0.25, -0.2) is 0 Å². The first-order valence-electron chi connectivity index (χ1n) is 26.3. The van der Waals surface area contributed by atoms with E-state index < -0.39 is 8.56 Å². The van der Waals surface area contributed by atoms with Crippen LogP contribution < -0.4 is 64.2 Å². The van der Waals surface area contributed by atoms with Crippen LogP contribution in [0.25, 0.3) is 22.3 Å². The summed E-state index contributed by atoms with van der Waals surface area (Å²) in [6, 6.07) is 78.9. The third-order valence-corrected chi connectivity index (χ3v) is 14.6. The lowest BCUT2D eigenvalue weighted by molar-refractivity contribution is 0.266. The van der Waals surface area contributed by atoms with Crippen LogP contribution in [-0.2, 0) is 5.41 Å². The first-order chi connectivity index (χ1) is 38.6. The molecule has 0 saturated carbocycles. The van der Waals surface area contributed by atoms with E-state index in [0.29, 0.717) is 24.6 Å². The Hall–Kier alpha value is -9.98. The van der Waals surface area contributed by atoms with Gasteiger partial charge < -0.3 is 64.2 Å². The third-order valence-electron chi connectivity index (χ3n) is 13.1. The molecule has 12 nitrogen and oxygen atoms in total. The molecule has 0 spiro atoms. The topological polar surface area (TPSA) is 245 Å². The van der Waals surface area contributed by atoms with Gasteiger partial charge in [0.05, 0.1) is 18.6 Å². The Labute approximate surface area is 470 Å². The molecule has 10 aromatic carbocycles. The Morgan fingerprint density at radius 3 is 0.850 bits per heavy atom. The molecule has 13 heteroatoms. The maximum absolute atomic E-state index is 6.00. The molecular formula is C67H70N8O4Si. The number of hydrogen-bond acceptors (Lipinski definition) is 12. The van der Waals surface area contributed by atoms with Crippen LogP contribution in [0.3, 0.4) is 0 Å². The van der Waals surface area contributed by atoms with Gasteiger partial charge in [-0.1, -0.05) is 97.1 Å². The van der Waals surface area contributed by atoms with Crippen molar-refractivity contribution >= 4 is 54.1 Å². The summed E-state index contributed by atoms with van der Waals surface area (Å²) in [4.78, 5) is 0. The smallest absolute Gasteiger partial charge is 0.454 e. The first kappa shape index (κ1) is 56.2. The largest absolute Gasteiger partial charge is 0.512 e. The number of fused-ring (bicyclic) bond motifs is 3. The van der Waals surface area contributed by atoms with Crippen LogP contribution in [0.15, 0.2) is 243 Å². The van der Waals surface area contributed by atoms with Crippen molar-refractivity contribution in [3.05, 3.63) is 265 Å². The Morgan fingerprint density at radius 2 is 0.550 bits per heavy atom. The standard InChI is InChI=1S/C25H20N2.C16H20N2O2.C14H18N2O2Si.C12H12N2/c26-19-13-9-17(10-14-19)25(18-11-15-20(27)16-12-18)23-7-3-1-5-21(23)22-6-2-4-8-24(22)25;17-13-3-7-15(8-4-13)19-11-1-2-12-20-16-9-5-14(18)6-10-16;1-19(2,17-13-7-3-11(15)4-8-13)18-14-9-5-12(16)6-10-14;13-11-5-1-9(2-6-11)10-3-7-12(14)8-4-10/h1-16H,26-27H2;3-10H,1-2,11-12,17-18H2;3-10H,15-16H2,1-2H3;1-8H,13-14H2. The van der Waals surface area contributed by atoms with Gasteiger partial charge in [0.2, 0.25) is 0 Å². The molecule has 11 rings (SSSR count). The number of ether oxygens (including phenoxy) is 2. The molecule has 0 radical (unpaired) electrons. The second-order valence-electron chi connectivity index (χ2n) is 19.6. The van der Waals surface area contributed by atoms with E-state index in [2.05, 4.69) is 72.8 Å². The third kappa shape index (κ3) is 14.9. The van der Waals surface area contributed by atoms with Gasteiger partial charge in [-0.2, -0.15) is 0 Å². The number of benzene rings is 10. The summed E-state index contributed by atoms with van der Waals surface area (Å²) in [5.41, 5.74) is 61.2. The van der Waals surface area contributed by atoms with Crippen molar-refractivity contribution in [2.45, 2.75) is 31.4 Å². The van der Waals surface area contributed by atoms with Crippen molar-refractivity contribution in [2.24, 2.45) is 0 Å². The molecule has 0 atom stereocenters. The van der Waals surface area contributed by atoms with E-state index in [-0.39, 0.29) is 5.41 Å². The van der Waals surface area contributed by atoms with Crippen LogP contribution in [0.5, 0.6) is 23.0 Å². The highest BCUT2D eigenvalue weighted by molar-refractivity contribution is 6.66. The molecule has 0 heterocycles.